The van der Waals surface area contributed by atoms with Crippen LogP contribution in [0.5, 0.6) is 0 Å². The van der Waals surface area contributed by atoms with Crippen LogP contribution >= 0.6 is 0 Å². The molecule has 3 aromatic carbocycles. The molecule has 0 heterocycles. The lowest BCUT2D eigenvalue weighted by atomic mass is 10.1. The van der Waals surface area contributed by atoms with Gasteiger partial charge in [-0.1, -0.05) is 30.3 Å². The maximum Gasteiger partial charge on any atom is 0.261 e. The predicted octanol–water partition coefficient (Wildman–Crippen LogP) is 3.51. The number of sulfonamides is 2. The Hall–Kier alpha value is -3.37. The Kier molecular flexibility index (Phi) is 7.09. The summed E-state index contributed by atoms with van der Waals surface area (Å²) in [6, 6.07) is 19.4. The Balaban J connectivity index is 1.72. The molecule has 3 aromatic rings. The number of aryl methyl sites for hydroxylation is 2. The second-order valence-electron chi connectivity index (χ2n) is 7.60. The van der Waals surface area contributed by atoms with Gasteiger partial charge >= 0.3 is 0 Å². The molecule has 3 rings (SSSR count). The quantitative estimate of drug-likeness (QED) is 0.505. The first-order valence-corrected chi connectivity index (χ1v) is 13.3. The molecule has 0 radical (unpaired) electrons. The van der Waals surface area contributed by atoms with Crippen LogP contribution in [0.3, 0.4) is 0 Å². The predicted molar refractivity (Wildman–Crippen MR) is 130 cm³/mol. The van der Waals surface area contributed by atoms with E-state index in [1.54, 1.807) is 36.4 Å². The van der Waals surface area contributed by atoms with Crippen molar-refractivity contribution in [1.29, 1.82) is 0 Å². The van der Waals surface area contributed by atoms with E-state index in [0.717, 1.165) is 21.7 Å². The lowest BCUT2D eigenvalue weighted by molar-refractivity contribution is -0.114. The zero-order chi connectivity index (χ0) is 24.2. The number of hydrogen-bond donors (Lipinski definition) is 2. The van der Waals surface area contributed by atoms with E-state index in [0.29, 0.717) is 17.1 Å². The van der Waals surface area contributed by atoms with Crippen molar-refractivity contribution >= 4 is 43.0 Å². The Bertz CT molecular complexity index is 1350. The largest absolute Gasteiger partial charge is 0.325 e. The van der Waals surface area contributed by atoms with E-state index in [9.17, 15) is 21.6 Å². The molecule has 33 heavy (non-hydrogen) atoms. The average Bonchev–Trinajstić information content (AvgIpc) is 2.75. The number of nitrogens with one attached hydrogen (secondary N) is 2. The Labute approximate surface area is 194 Å². The molecule has 0 saturated heterocycles. The lowest BCUT2D eigenvalue weighted by Gasteiger charge is -2.21. The SMILES string of the molecule is Cc1ccc(C)c(NS(=O)(=O)c2ccc(NC(=O)CN(c3ccccc3)S(C)(=O)=O)cc2)c1. The van der Waals surface area contributed by atoms with Crippen molar-refractivity contribution in [3.8, 4) is 0 Å². The summed E-state index contributed by atoms with van der Waals surface area (Å²) < 4.78 is 53.3. The van der Waals surface area contributed by atoms with Crippen LogP contribution in [0.15, 0.2) is 77.7 Å². The summed E-state index contributed by atoms with van der Waals surface area (Å²) in [5.74, 6) is -0.562. The van der Waals surface area contributed by atoms with Crippen molar-refractivity contribution in [2.24, 2.45) is 0 Å². The fourth-order valence-corrected chi connectivity index (χ4v) is 5.07. The minimum absolute atomic E-state index is 0.0310. The van der Waals surface area contributed by atoms with E-state index in [-0.39, 0.29) is 4.90 Å². The van der Waals surface area contributed by atoms with Gasteiger partial charge in [0.15, 0.2) is 0 Å². The van der Waals surface area contributed by atoms with Crippen LogP contribution in [-0.2, 0) is 24.8 Å². The van der Waals surface area contributed by atoms with E-state index >= 15 is 0 Å². The molecule has 0 spiro atoms. The third kappa shape index (κ3) is 6.33. The van der Waals surface area contributed by atoms with Crippen LogP contribution in [0, 0.1) is 13.8 Å². The fourth-order valence-electron chi connectivity index (χ4n) is 3.09. The summed E-state index contributed by atoms with van der Waals surface area (Å²) in [6.45, 7) is 3.26. The first-order valence-electron chi connectivity index (χ1n) is 9.98. The number of rotatable bonds is 8. The van der Waals surface area contributed by atoms with Crippen molar-refractivity contribution in [2.45, 2.75) is 18.7 Å². The Morgan fingerprint density at radius 2 is 1.52 bits per heavy atom. The van der Waals surface area contributed by atoms with E-state index < -0.39 is 32.5 Å². The molecule has 0 bridgehead atoms. The van der Waals surface area contributed by atoms with Gasteiger partial charge in [-0.15, -0.1) is 0 Å². The minimum Gasteiger partial charge on any atom is -0.325 e. The van der Waals surface area contributed by atoms with Crippen LogP contribution in [0.2, 0.25) is 0 Å². The summed E-state index contributed by atoms with van der Waals surface area (Å²) in [4.78, 5) is 12.5. The molecule has 8 nitrogen and oxygen atoms in total. The number of carbonyl (C=O) groups excluding carboxylic acids is 1. The molecule has 1 amide bonds. The number of amides is 1. The first kappa shape index (κ1) is 24.3. The Morgan fingerprint density at radius 3 is 2.12 bits per heavy atom. The molecule has 0 atom stereocenters. The molecule has 0 fully saturated rings. The van der Waals surface area contributed by atoms with Gasteiger partial charge in [0.2, 0.25) is 15.9 Å². The molecule has 174 valence electrons. The van der Waals surface area contributed by atoms with E-state index in [1.807, 2.05) is 26.0 Å². The van der Waals surface area contributed by atoms with Gasteiger partial charge in [-0.05, 0) is 67.4 Å². The second kappa shape index (κ2) is 9.63. The van der Waals surface area contributed by atoms with Crippen molar-refractivity contribution < 1.29 is 21.6 Å². The zero-order valence-electron chi connectivity index (χ0n) is 18.4. The molecule has 10 heteroatoms. The van der Waals surface area contributed by atoms with Gasteiger partial charge < -0.3 is 5.32 Å². The standard InChI is InChI=1S/C23H25N3O5S2/c1-17-9-10-18(2)22(15-17)25-33(30,31)21-13-11-19(12-14-21)24-23(27)16-26(32(3,28)29)20-7-5-4-6-8-20/h4-15,25H,16H2,1-3H3,(H,24,27). The number of hydrogen-bond acceptors (Lipinski definition) is 5. The maximum atomic E-state index is 12.7. The minimum atomic E-state index is -3.82. The highest BCUT2D eigenvalue weighted by molar-refractivity contribution is 7.92. The third-order valence-corrected chi connectivity index (χ3v) is 7.34. The highest BCUT2D eigenvalue weighted by atomic mass is 32.2. The average molecular weight is 488 g/mol. The normalized spacial score (nSPS) is 11.6. The number of nitrogens with zero attached hydrogens (tertiary/aromatic N) is 1. The van der Waals surface area contributed by atoms with Gasteiger partial charge in [0, 0.05) is 5.69 Å². The van der Waals surface area contributed by atoms with Crippen molar-refractivity contribution in [2.75, 3.05) is 27.1 Å². The van der Waals surface area contributed by atoms with Crippen molar-refractivity contribution in [1.82, 2.24) is 0 Å². The second-order valence-corrected chi connectivity index (χ2v) is 11.2. The summed E-state index contributed by atoms with van der Waals surface area (Å²) in [5, 5.41) is 2.60. The van der Waals surface area contributed by atoms with Gasteiger partial charge in [0.25, 0.3) is 10.0 Å². The molecule has 2 N–H and O–H groups in total. The topological polar surface area (TPSA) is 113 Å². The molecule has 0 unspecified atom stereocenters. The van der Waals surface area contributed by atoms with Crippen molar-refractivity contribution in [3.05, 3.63) is 83.9 Å². The fraction of sp³-hybridized carbons (Fsp3) is 0.174. The monoisotopic (exact) mass is 487 g/mol. The molecule has 0 aliphatic rings. The highest BCUT2D eigenvalue weighted by Gasteiger charge is 2.21. The Morgan fingerprint density at radius 1 is 0.879 bits per heavy atom. The van der Waals surface area contributed by atoms with Gasteiger partial charge in [0.05, 0.1) is 22.5 Å². The van der Waals surface area contributed by atoms with Crippen LogP contribution in [-0.4, -0.2) is 35.5 Å². The summed E-state index contributed by atoms with van der Waals surface area (Å²) >= 11 is 0. The lowest BCUT2D eigenvalue weighted by Crippen LogP contribution is -2.37. The zero-order valence-corrected chi connectivity index (χ0v) is 20.1. The maximum absolute atomic E-state index is 12.7. The van der Waals surface area contributed by atoms with Crippen LogP contribution in [0.1, 0.15) is 11.1 Å². The van der Waals surface area contributed by atoms with Crippen LogP contribution in [0.4, 0.5) is 17.1 Å². The number of carbonyl (C=O) groups is 1. The van der Waals surface area contributed by atoms with E-state index in [4.69, 9.17) is 0 Å². The molecular weight excluding hydrogens is 462 g/mol. The smallest absolute Gasteiger partial charge is 0.261 e. The molecule has 0 aromatic heterocycles. The number of para-hydroxylation sites is 1. The van der Waals surface area contributed by atoms with Gasteiger partial charge in [-0.3, -0.25) is 13.8 Å². The molecular formula is C23H25N3O5S2. The van der Waals surface area contributed by atoms with Crippen LogP contribution in [0.25, 0.3) is 0 Å². The summed E-state index contributed by atoms with van der Waals surface area (Å²) in [7, 11) is -7.51. The van der Waals surface area contributed by atoms with Gasteiger partial charge in [-0.25, -0.2) is 16.8 Å². The number of anilines is 3. The molecule has 0 aliphatic carbocycles. The van der Waals surface area contributed by atoms with E-state index in [1.165, 1.54) is 24.3 Å². The van der Waals surface area contributed by atoms with Gasteiger partial charge in [0.1, 0.15) is 6.54 Å². The molecule has 0 saturated carbocycles. The van der Waals surface area contributed by atoms with E-state index in [2.05, 4.69) is 10.0 Å². The van der Waals surface area contributed by atoms with Gasteiger partial charge in [-0.2, -0.15) is 0 Å². The first-order chi connectivity index (χ1) is 15.5. The molecule has 0 aliphatic heterocycles. The van der Waals surface area contributed by atoms with Crippen LogP contribution < -0.4 is 14.3 Å². The number of benzene rings is 3. The highest BCUT2D eigenvalue weighted by Crippen LogP contribution is 2.22. The third-order valence-electron chi connectivity index (χ3n) is 4.82. The van der Waals surface area contributed by atoms with Crippen molar-refractivity contribution in [3.63, 3.8) is 0 Å². The summed E-state index contributed by atoms with van der Waals surface area (Å²) in [5.41, 5.74) is 2.92. The summed E-state index contributed by atoms with van der Waals surface area (Å²) in [6.07, 6.45) is 1.02.